The van der Waals surface area contributed by atoms with E-state index in [0.29, 0.717) is 34.4 Å². The van der Waals surface area contributed by atoms with Gasteiger partial charge in [-0.1, -0.05) is 36.2 Å². The zero-order valence-corrected chi connectivity index (χ0v) is 12.5. The van der Waals surface area contributed by atoms with Gasteiger partial charge in [0.2, 0.25) is 0 Å². The highest BCUT2D eigenvalue weighted by atomic mass is 35.5. The van der Waals surface area contributed by atoms with E-state index >= 15 is 0 Å². The summed E-state index contributed by atoms with van der Waals surface area (Å²) in [5.74, 6) is 0.838. The highest BCUT2D eigenvalue weighted by Crippen LogP contribution is 2.23. The fraction of sp³-hybridized carbons (Fsp3) is 0.188. The van der Waals surface area contributed by atoms with Crippen LogP contribution in [0.3, 0.4) is 0 Å². The largest absolute Gasteiger partial charge is 0.489 e. The third-order valence-electron chi connectivity index (χ3n) is 2.89. The molecule has 20 heavy (non-hydrogen) atoms. The minimum absolute atomic E-state index is 0.126. The summed E-state index contributed by atoms with van der Waals surface area (Å²) in [6.07, 6.45) is 0.503. The molecule has 4 heteroatoms. The van der Waals surface area contributed by atoms with Crippen molar-refractivity contribution in [2.24, 2.45) is 0 Å². The van der Waals surface area contributed by atoms with E-state index in [-0.39, 0.29) is 5.78 Å². The van der Waals surface area contributed by atoms with Gasteiger partial charge in [0.1, 0.15) is 12.4 Å². The van der Waals surface area contributed by atoms with Gasteiger partial charge in [0.25, 0.3) is 0 Å². The van der Waals surface area contributed by atoms with Crippen molar-refractivity contribution in [1.29, 1.82) is 0 Å². The average Bonchev–Trinajstić information content (AvgIpc) is 2.48. The summed E-state index contributed by atoms with van der Waals surface area (Å²) in [6, 6.07) is 12.5. The van der Waals surface area contributed by atoms with Crippen molar-refractivity contribution in [3.8, 4) is 5.75 Å². The molecule has 0 fully saturated rings. The third kappa shape index (κ3) is 3.75. The van der Waals surface area contributed by atoms with E-state index in [9.17, 15) is 4.79 Å². The molecule has 2 nitrogen and oxygen atoms in total. The lowest BCUT2D eigenvalue weighted by molar-refractivity contribution is 0.0988. The predicted molar refractivity (Wildman–Crippen MR) is 81.9 cm³/mol. The molecule has 0 aliphatic carbocycles. The summed E-state index contributed by atoms with van der Waals surface area (Å²) in [6.45, 7) is 2.25. The van der Waals surface area contributed by atoms with Crippen molar-refractivity contribution in [2.45, 2.75) is 20.0 Å². The second-order valence-corrected chi connectivity index (χ2v) is 5.15. The Kier molecular flexibility index (Phi) is 5.05. The highest BCUT2D eigenvalue weighted by molar-refractivity contribution is 6.42. The Morgan fingerprint density at radius 1 is 1.05 bits per heavy atom. The number of carbonyl (C=O) groups excluding carboxylic acids is 1. The summed E-state index contributed by atoms with van der Waals surface area (Å²) in [4.78, 5) is 11.5. The molecule has 0 saturated carbocycles. The minimum Gasteiger partial charge on any atom is -0.489 e. The average molecular weight is 309 g/mol. The number of halogens is 2. The molecule has 0 aliphatic rings. The molecule has 104 valence electrons. The van der Waals surface area contributed by atoms with Crippen LogP contribution < -0.4 is 4.74 Å². The second-order valence-electron chi connectivity index (χ2n) is 4.34. The summed E-state index contributed by atoms with van der Waals surface area (Å²) < 4.78 is 5.64. The Bertz CT molecular complexity index is 606. The lowest BCUT2D eigenvalue weighted by Gasteiger charge is -2.07. The number of ketones is 1. The molecule has 0 saturated heterocycles. The number of carbonyl (C=O) groups is 1. The Morgan fingerprint density at radius 3 is 2.35 bits per heavy atom. The fourth-order valence-electron chi connectivity index (χ4n) is 1.74. The summed E-state index contributed by atoms with van der Waals surface area (Å²) in [7, 11) is 0. The number of hydrogen-bond acceptors (Lipinski definition) is 2. The monoisotopic (exact) mass is 308 g/mol. The molecule has 2 aromatic carbocycles. The predicted octanol–water partition coefficient (Wildman–Crippen LogP) is 5.17. The van der Waals surface area contributed by atoms with E-state index in [2.05, 4.69) is 0 Å². The van der Waals surface area contributed by atoms with E-state index in [0.717, 1.165) is 5.56 Å². The SMILES string of the molecule is CCC(=O)c1ccc(OCc2ccc(Cl)c(Cl)c2)cc1. The summed E-state index contributed by atoms with van der Waals surface area (Å²) in [5, 5.41) is 1.04. The van der Waals surface area contributed by atoms with Gasteiger partial charge in [-0.05, 0) is 42.0 Å². The Labute approximate surface area is 128 Å². The van der Waals surface area contributed by atoms with Gasteiger partial charge in [-0.3, -0.25) is 4.79 Å². The first kappa shape index (κ1) is 14.9. The van der Waals surface area contributed by atoms with Gasteiger partial charge in [0.05, 0.1) is 10.0 Å². The van der Waals surface area contributed by atoms with Crippen LogP contribution in [0.25, 0.3) is 0 Å². The number of hydrogen-bond donors (Lipinski definition) is 0. The third-order valence-corrected chi connectivity index (χ3v) is 3.63. The Hall–Kier alpha value is -1.51. The summed E-state index contributed by atoms with van der Waals surface area (Å²) >= 11 is 11.8. The first-order valence-corrected chi connectivity index (χ1v) is 7.05. The van der Waals surface area contributed by atoms with Gasteiger partial charge < -0.3 is 4.74 Å². The molecule has 0 heterocycles. The van der Waals surface area contributed by atoms with E-state index < -0.39 is 0 Å². The molecule has 0 spiro atoms. The molecule has 0 atom stereocenters. The van der Waals surface area contributed by atoms with Gasteiger partial charge in [-0.2, -0.15) is 0 Å². The summed E-state index contributed by atoms with van der Waals surface area (Å²) in [5.41, 5.74) is 1.64. The smallest absolute Gasteiger partial charge is 0.162 e. The zero-order valence-electron chi connectivity index (χ0n) is 11.0. The van der Waals surface area contributed by atoms with Gasteiger partial charge in [-0.15, -0.1) is 0 Å². The number of ether oxygens (including phenoxy) is 1. The van der Waals surface area contributed by atoms with Crippen molar-refractivity contribution >= 4 is 29.0 Å². The minimum atomic E-state index is 0.126. The maximum absolute atomic E-state index is 11.5. The first-order chi connectivity index (χ1) is 9.60. The van der Waals surface area contributed by atoms with Crippen LogP contribution in [0.5, 0.6) is 5.75 Å². The Morgan fingerprint density at radius 2 is 1.75 bits per heavy atom. The van der Waals surface area contributed by atoms with Crippen LogP contribution in [-0.2, 0) is 6.61 Å². The second kappa shape index (κ2) is 6.78. The van der Waals surface area contributed by atoms with E-state index in [4.69, 9.17) is 27.9 Å². The Balaban J connectivity index is 2.00. The molecule has 2 rings (SSSR count). The molecule has 0 aliphatic heterocycles. The van der Waals surface area contributed by atoms with Crippen LogP contribution in [-0.4, -0.2) is 5.78 Å². The van der Waals surface area contributed by atoms with Gasteiger partial charge in [-0.25, -0.2) is 0 Å². The topological polar surface area (TPSA) is 26.3 Å². The molecular formula is C16H14Cl2O2. The normalized spacial score (nSPS) is 10.3. The van der Waals surface area contributed by atoms with Crippen molar-refractivity contribution in [2.75, 3.05) is 0 Å². The van der Waals surface area contributed by atoms with Crippen molar-refractivity contribution in [1.82, 2.24) is 0 Å². The van der Waals surface area contributed by atoms with E-state index in [1.54, 1.807) is 36.4 Å². The highest BCUT2D eigenvalue weighted by Gasteiger charge is 2.04. The zero-order chi connectivity index (χ0) is 14.5. The lowest BCUT2D eigenvalue weighted by atomic mass is 10.1. The van der Waals surface area contributed by atoms with Crippen LogP contribution in [0, 0.1) is 0 Å². The fourth-order valence-corrected chi connectivity index (χ4v) is 2.06. The van der Waals surface area contributed by atoms with Crippen LogP contribution in [0.15, 0.2) is 42.5 Å². The van der Waals surface area contributed by atoms with Crippen LogP contribution in [0.2, 0.25) is 10.0 Å². The molecule has 0 bridgehead atoms. The van der Waals surface area contributed by atoms with Gasteiger partial charge in [0.15, 0.2) is 5.78 Å². The number of Topliss-reactive ketones (excluding diaryl/α,β-unsaturated/α-hetero) is 1. The van der Waals surface area contributed by atoms with Crippen molar-refractivity contribution in [3.63, 3.8) is 0 Å². The molecule has 0 amide bonds. The molecule has 0 N–H and O–H groups in total. The maximum atomic E-state index is 11.5. The number of benzene rings is 2. The van der Waals surface area contributed by atoms with E-state index in [1.807, 2.05) is 13.0 Å². The van der Waals surface area contributed by atoms with Crippen LogP contribution in [0.1, 0.15) is 29.3 Å². The van der Waals surface area contributed by atoms with Crippen molar-refractivity contribution < 1.29 is 9.53 Å². The molecule has 2 aromatic rings. The van der Waals surface area contributed by atoms with Crippen LogP contribution >= 0.6 is 23.2 Å². The molecular weight excluding hydrogens is 295 g/mol. The maximum Gasteiger partial charge on any atom is 0.162 e. The molecule has 0 aromatic heterocycles. The van der Waals surface area contributed by atoms with Crippen molar-refractivity contribution in [3.05, 3.63) is 63.6 Å². The quantitative estimate of drug-likeness (QED) is 0.713. The first-order valence-electron chi connectivity index (χ1n) is 6.30. The molecule has 0 unspecified atom stereocenters. The molecule has 0 radical (unpaired) electrons. The number of rotatable bonds is 5. The standard InChI is InChI=1S/C16H14Cl2O2/c1-2-16(19)12-4-6-13(7-5-12)20-10-11-3-8-14(17)15(18)9-11/h3-9H,2,10H2,1H3. The van der Waals surface area contributed by atoms with E-state index in [1.165, 1.54) is 0 Å². The lowest BCUT2D eigenvalue weighted by Crippen LogP contribution is -1.98. The van der Waals surface area contributed by atoms with Crippen LogP contribution in [0.4, 0.5) is 0 Å². The van der Waals surface area contributed by atoms with Gasteiger partial charge >= 0.3 is 0 Å². The van der Waals surface area contributed by atoms with Gasteiger partial charge in [0, 0.05) is 12.0 Å².